The van der Waals surface area contributed by atoms with Gasteiger partial charge in [-0.05, 0) is 30.2 Å². The molecule has 0 aromatic heterocycles. The van der Waals surface area contributed by atoms with E-state index in [9.17, 15) is 0 Å². The van der Waals surface area contributed by atoms with E-state index in [-0.39, 0.29) is 0 Å². The van der Waals surface area contributed by atoms with Crippen molar-refractivity contribution in [1.29, 1.82) is 0 Å². The minimum Gasteiger partial charge on any atom is -0.382 e. The zero-order valence-electron chi connectivity index (χ0n) is 8.89. The smallest absolute Gasteiger partial charge is 0.0684 e. The van der Waals surface area contributed by atoms with E-state index >= 15 is 0 Å². The van der Waals surface area contributed by atoms with Gasteiger partial charge < -0.3 is 10.5 Å². The van der Waals surface area contributed by atoms with Gasteiger partial charge >= 0.3 is 0 Å². The second-order valence-corrected chi connectivity index (χ2v) is 4.41. The predicted octanol–water partition coefficient (Wildman–Crippen LogP) is 3.20. The lowest BCUT2D eigenvalue weighted by Crippen LogP contribution is -2.40. The van der Waals surface area contributed by atoms with Crippen molar-refractivity contribution in [1.82, 2.24) is 0 Å². The van der Waals surface area contributed by atoms with Gasteiger partial charge in [-0.15, -0.1) is 0 Å². The summed E-state index contributed by atoms with van der Waals surface area (Å²) in [5, 5.41) is 1.26. The van der Waals surface area contributed by atoms with E-state index in [4.69, 9.17) is 33.7 Å². The Bertz CT molecular complexity index is 343. The van der Waals surface area contributed by atoms with E-state index in [0.29, 0.717) is 16.7 Å². The standard InChI is InChI=1S/C11H15Cl2NO/c1-3-11(14,7-15-2)9-6-8(12)4-5-10(9)13/h4-6H,3,7,14H2,1-2H3. The van der Waals surface area contributed by atoms with E-state index in [1.807, 2.05) is 6.92 Å². The molecule has 2 N–H and O–H groups in total. The molecule has 1 aromatic rings. The quantitative estimate of drug-likeness (QED) is 0.887. The van der Waals surface area contributed by atoms with Crippen molar-refractivity contribution in [2.45, 2.75) is 18.9 Å². The average Bonchev–Trinajstić information content (AvgIpc) is 2.22. The molecule has 1 unspecified atom stereocenters. The molecule has 0 fully saturated rings. The molecule has 0 aliphatic carbocycles. The van der Waals surface area contributed by atoms with Gasteiger partial charge in [0.2, 0.25) is 0 Å². The highest BCUT2D eigenvalue weighted by Gasteiger charge is 2.27. The Morgan fingerprint density at radius 1 is 1.40 bits per heavy atom. The molecular weight excluding hydrogens is 233 g/mol. The highest BCUT2D eigenvalue weighted by Crippen LogP contribution is 2.31. The summed E-state index contributed by atoms with van der Waals surface area (Å²) in [5.41, 5.74) is 6.49. The number of rotatable bonds is 4. The maximum atomic E-state index is 6.23. The molecule has 0 aliphatic heterocycles. The van der Waals surface area contributed by atoms with Crippen LogP contribution in [0.4, 0.5) is 0 Å². The van der Waals surface area contributed by atoms with E-state index in [2.05, 4.69) is 0 Å². The SMILES string of the molecule is CCC(N)(COC)c1cc(Cl)ccc1Cl. The average molecular weight is 248 g/mol. The molecule has 1 atom stereocenters. The van der Waals surface area contributed by atoms with Crippen LogP contribution in [-0.4, -0.2) is 13.7 Å². The van der Waals surface area contributed by atoms with E-state index in [1.54, 1.807) is 25.3 Å². The van der Waals surface area contributed by atoms with Crippen molar-refractivity contribution in [3.63, 3.8) is 0 Å². The number of methoxy groups -OCH3 is 1. The summed E-state index contributed by atoms with van der Waals surface area (Å²) in [5.74, 6) is 0. The number of hydrogen-bond donors (Lipinski definition) is 1. The first-order valence-electron chi connectivity index (χ1n) is 4.77. The third kappa shape index (κ3) is 2.85. The van der Waals surface area contributed by atoms with Crippen molar-refractivity contribution in [2.24, 2.45) is 5.73 Å². The fourth-order valence-electron chi connectivity index (χ4n) is 1.51. The molecule has 0 bridgehead atoms. The second kappa shape index (κ2) is 5.17. The molecule has 1 aromatic carbocycles. The van der Waals surface area contributed by atoms with Gasteiger partial charge in [-0.1, -0.05) is 30.1 Å². The summed E-state index contributed by atoms with van der Waals surface area (Å²) < 4.78 is 5.12. The number of benzene rings is 1. The number of nitrogens with two attached hydrogens (primary N) is 1. The Hall–Kier alpha value is -0.280. The maximum Gasteiger partial charge on any atom is 0.0684 e. The van der Waals surface area contributed by atoms with Crippen molar-refractivity contribution >= 4 is 23.2 Å². The highest BCUT2D eigenvalue weighted by molar-refractivity contribution is 6.33. The molecule has 0 saturated heterocycles. The summed E-state index contributed by atoms with van der Waals surface area (Å²) >= 11 is 12.0. The molecule has 4 heteroatoms. The molecule has 0 amide bonds. The molecule has 15 heavy (non-hydrogen) atoms. The van der Waals surface area contributed by atoms with Gasteiger partial charge in [-0.25, -0.2) is 0 Å². The lowest BCUT2D eigenvalue weighted by Gasteiger charge is -2.28. The molecule has 0 radical (unpaired) electrons. The molecule has 1 rings (SSSR count). The van der Waals surface area contributed by atoms with Crippen LogP contribution in [0.3, 0.4) is 0 Å². The molecule has 2 nitrogen and oxygen atoms in total. The minimum atomic E-state index is -0.573. The van der Waals surface area contributed by atoms with Crippen LogP contribution in [0.25, 0.3) is 0 Å². The Labute approximate surface area is 100 Å². The van der Waals surface area contributed by atoms with Crippen molar-refractivity contribution in [3.8, 4) is 0 Å². The van der Waals surface area contributed by atoms with Crippen molar-refractivity contribution in [3.05, 3.63) is 33.8 Å². The fraction of sp³-hybridized carbons (Fsp3) is 0.455. The van der Waals surface area contributed by atoms with Gasteiger partial charge in [0.15, 0.2) is 0 Å². The first-order chi connectivity index (χ1) is 7.03. The highest BCUT2D eigenvalue weighted by atomic mass is 35.5. The van der Waals surface area contributed by atoms with Gasteiger partial charge in [0.05, 0.1) is 12.1 Å². The van der Waals surface area contributed by atoms with Crippen LogP contribution in [0.5, 0.6) is 0 Å². The molecule has 0 aliphatic rings. The zero-order valence-corrected chi connectivity index (χ0v) is 10.4. The van der Waals surface area contributed by atoms with Gasteiger partial charge in [-0.3, -0.25) is 0 Å². The van der Waals surface area contributed by atoms with Gasteiger partial charge in [0.1, 0.15) is 0 Å². The molecular formula is C11H15Cl2NO. The van der Waals surface area contributed by atoms with Crippen LogP contribution in [0.15, 0.2) is 18.2 Å². The van der Waals surface area contributed by atoms with Crippen LogP contribution < -0.4 is 5.73 Å². The van der Waals surface area contributed by atoms with Gasteiger partial charge in [0, 0.05) is 17.2 Å². The van der Waals surface area contributed by atoms with Crippen LogP contribution in [0.1, 0.15) is 18.9 Å². The van der Waals surface area contributed by atoms with Crippen LogP contribution in [-0.2, 0) is 10.3 Å². The zero-order chi connectivity index (χ0) is 11.5. The lowest BCUT2D eigenvalue weighted by atomic mass is 9.89. The topological polar surface area (TPSA) is 35.2 Å². The van der Waals surface area contributed by atoms with Gasteiger partial charge in [-0.2, -0.15) is 0 Å². The third-order valence-corrected chi connectivity index (χ3v) is 3.06. The normalized spacial score (nSPS) is 15.0. The second-order valence-electron chi connectivity index (χ2n) is 3.57. The van der Waals surface area contributed by atoms with Gasteiger partial charge in [0.25, 0.3) is 0 Å². The first kappa shape index (κ1) is 12.8. The Balaban J connectivity index is 3.16. The van der Waals surface area contributed by atoms with Crippen LogP contribution in [0.2, 0.25) is 10.0 Å². The summed E-state index contributed by atoms with van der Waals surface area (Å²) in [6.45, 7) is 2.42. The summed E-state index contributed by atoms with van der Waals surface area (Å²) in [6.07, 6.45) is 0.737. The van der Waals surface area contributed by atoms with Crippen LogP contribution >= 0.6 is 23.2 Å². The fourth-order valence-corrected chi connectivity index (χ4v) is 1.98. The van der Waals surface area contributed by atoms with E-state index < -0.39 is 5.54 Å². The Morgan fingerprint density at radius 3 is 2.60 bits per heavy atom. The van der Waals surface area contributed by atoms with E-state index in [0.717, 1.165) is 12.0 Å². The summed E-state index contributed by atoms with van der Waals surface area (Å²) in [7, 11) is 1.62. The maximum absolute atomic E-state index is 6.23. The molecule has 0 spiro atoms. The molecule has 0 saturated carbocycles. The summed E-state index contributed by atoms with van der Waals surface area (Å²) in [6, 6.07) is 5.30. The molecule has 84 valence electrons. The number of ether oxygens (including phenoxy) is 1. The number of hydrogen-bond acceptors (Lipinski definition) is 2. The summed E-state index contributed by atoms with van der Waals surface area (Å²) in [4.78, 5) is 0. The Kier molecular flexibility index (Phi) is 4.41. The van der Waals surface area contributed by atoms with E-state index in [1.165, 1.54) is 0 Å². The van der Waals surface area contributed by atoms with Crippen LogP contribution in [0, 0.1) is 0 Å². The monoisotopic (exact) mass is 247 g/mol. The first-order valence-corrected chi connectivity index (χ1v) is 5.52. The minimum absolute atomic E-state index is 0.420. The predicted molar refractivity (Wildman–Crippen MR) is 64.5 cm³/mol. The Morgan fingerprint density at radius 2 is 2.07 bits per heavy atom. The van der Waals surface area contributed by atoms with Crippen molar-refractivity contribution < 1.29 is 4.74 Å². The largest absolute Gasteiger partial charge is 0.382 e. The third-order valence-electron chi connectivity index (χ3n) is 2.50. The van der Waals surface area contributed by atoms with Crippen molar-refractivity contribution in [2.75, 3.05) is 13.7 Å². The molecule has 0 heterocycles. The number of halogens is 2. The lowest BCUT2D eigenvalue weighted by molar-refractivity contribution is 0.129.